The van der Waals surface area contributed by atoms with E-state index in [0.717, 1.165) is 23.4 Å². The SMILES string of the molecule is NC(=O)C1CC12Cn1nc(-c3ccc(F)c(Cl)c3)cc1CN2. The first kappa shape index (κ1) is 13.7. The van der Waals surface area contributed by atoms with E-state index in [2.05, 4.69) is 10.4 Å². The van der Waals surface area contributed by atoms with Gasteiger partial charge in [-0.25, -0.2) is 4.39 Å². The summed E-state index contributed by atoms with van der Waals surface area (Å²) in [4.78, 5) is 11.3. The van der Waals surface area contributed by atoms with Crippen molar-refractivity contribution in [1.82, 2.24) is 15.1 Å². The molecule has 4 rings (SSSR count). The first-order valence-electron chi connectivity index (χ1n) is 7.05. The molecule has 1 amide bonds. The second-order valence-electron chi connectivity index (χ2n) is 5.98. The Hall–Kier alpha value is -1.92. The molecule has 1 aliphatic heterocycles. The molecule has 1 saturated carbocycles. The molecule has 1 aromatic carbocycles. The van der Waals surface area contributed by atoms with Gasteiger partial charge in [-0.15, -0.1) is 0 Å². The number of carbonyl (C=O) groups excluding carboxylic acids is 1. The maximum absolute atomic E-state index is 13.3. The van der Waals surface area contributed by atoms with Gasteiger partial charge in [-0.3, -0.25) is 9.48 Å². The molecule has 0 bridgehead atoms. The average Bonchev–Trinajstić information content (AvgIpc) is 3.01. The Kier molecular flexibility index (Phi) is 2.83. The first-order chi connectivity index (χ1) is 10.5. The fourth-order valence-corrected chi connectivity index (χ4v) is 3.35. The van der Waals surface area contributed by atoms with Gasteiger partial charge >= 0.3 is 0 Å². The minimum Gasteiger partial charge on any atom is -0.369 e. The summed E-state index contributed by atoms with van der Waals surface area (Å²) >= 11 is 5.83. The molecular formula is C15H14ClFN4O. The van der Waals surface area contributed by atoms with E-state index < -0.39 is 5.82 Å². The highest BCUT2D eigenvalue weighted by Gasteiger charge is 2.59. The van der Waals surface area contributed by atoms with Crippen molar-refractivity contribution >= 4 is 17.5 Å². The van der Waals surface area contributed by atoms with Gasteiger partial charge in [-0.1, -0.05) is 11.6 Å². The molecule has 7 heteroatoms. The van der Waals surface area contributed by atoms with Crippen LogP contribution in [-0.4, -0.2) is 21.2 Å². The Balaban J connectivity index is 1.64. The molecule has 0 radical (unpaired) electrons. The number of hydrogen-bond donors (Lipinski definition) is 2. The quantitative estimate of drug-likeness (QED) is 0.884. The molecule has 2 unspecified atom stereocenters. The molecule has 2 aliphatic rings. The summed E-state index contributed by atoms with van der Waals surface area (Å²) in [6, 6.07) is 6.50. The smallest absolute Gasteiger partial charge is 0.222 e. The van der Waals surface area contributed by atoms with Crippen molar-refractivity contribution in [3.8, 4) is 11.3 Å². The highest BCUT2D eigenvalue weighted by Crippen LogP contribution is 2.46. The number of nitrogens with two attached hydrogens (primary N) is 1. The van der Waals surface area contributed by atoms with Gasteiger partial charge in [0.05, 0.1) is 34.4 Å². The maximum Gasteiger partial charge on any atom is 0.222 e. The van der Waals surface area contributed by atoms with Crippen LogP contribution in [0.2, 0.25) is 5.02 Å². The van der Waals surface area contributed by atoms with E-state index in [0.29, 0.717) is 13.1 Å². The number of rotatable bonds is 2. The summed E-state index contributed by atoms with van der Waals surface area (Å²) in [7, 11) is 0. The molecule has 5 nitrogen and oxygen atoms in total. The van der Waals surface area contributed by atoms with Gasteiger partial charge in [0.2, 0.25) is 5.91 Å². The third kappa shape index (κ3) is 2.02. The van der Waals surface area contributed by atoms with Crippen molar-refractivity contribution in [2.75, 3.05) is 0 Å². The van der Waals surface area contributed by atoms with Crippen LogP contribution in [0, 0.1) is 11.7 Å². The molecule has 1 aliphatic carbocycles. The molecule has 114 valence electrons. The third-order valence-electron chi connectivity index (χ3n) is 4.55. The predicted octanol–water partition coefficient (Wildman–Crippen LogP) is 1.69. The predicted molar refractivity (Wildman–Crippen MR) is 79.5 cm³/mol. The molecule has 2 aromatic rings. The van der Waals surface area contributed by atoms with E-state index in [-0.39, 0.29) is 22.4 Å². The summed E-state index contributed by atoms with van der Waals surface area (Å²) in [6.07, 6.45) is 0.749. The number of hydrogen-bond acceptors (Lipinski definition) is 3. The Bertz CT molecular complexity index is 790. The molecule has 2 atom stereocenters. The second-order valence-corrected chi connectivity index (χ2v) is 6.38. The first-order valence-corrected chi connectivity index (χ1v) is 7.43. The fourth-order valence-electron chi connectivity index (χ4n) is 3.17. The maximum atomic E-state index is 13.3. The number of fused-ring (bicyclic) bond motifs is 1. The van der Waals surface area contributed by atoms with Crippen molar-refractivity contribution in [3.05, 3.63) is 40.8 Å². The van der Waals surface area contributed by atoms with Gasteiger partial charge in [0.25, 0.3) is 0 Å². The highest BCUT2D eigenvalue weighted by molar-refractivity contribution is 6.31. The van der Waals surface area contributed by atoms with E-state index in [9.17, 15) is 9.18 Å². The number of nitrogens with one attached hydrogen (secondary N) is 1. The zero-order valence-electron chi connectivity index (χ0n) is 11.6. The average molecular weight is 321 g/mol. The highest BCUT2D eigenvalue weighted by atomic mass is 35.5. The summed E-state index contributed by atoms with van der Waals surface area (Å²) in [5, 5.41) is 8.04. The van der Waals surface area contributed by atoms with Gasteiger partial charge in [-0.2, -0.15) is 5.10 Å². The van der Waals surface area contributed by atoms with Crippen LogP contribution in [0.4, 0.5) is 4.39 Å². The van der Waals surface area contributed by atoms with Gasteiger partial charge in [0, 0.05) is 12.1 Å². The van der Waals surface area contributed by atoms with Crippen LogP contribution < -0.4 is 11.1 Å². The van der Waals surface area contributed by atoms with Crippen LogP contribution in [0.5, 0.6) is 0 Å². The van der Waals surface area contributed by atoms with Crippen LogP contribution in [0.1, 0.15) is 12.1 Å². The van der Waals surface area contributed by atoms with E-state index >= 15 is 0 Å². The van der Waals surface area contributed by atoms with Crippen LogP contribution in [0.25, 0.3) is 11.3 Å². The number of amides is 1. The zero-order valence-corrected chi connectivity index (χ0v) is 12.4. The Morgan fingerprint density at radius 2 is 2.32 bits per heavy atom. The summed E-state index contributed by atoms with van der Waals surface area (Å²) in [5.41, 5.74) is 7.68. The third-order valence-corrected chi connectivity index (χ3v) is 4.84. The Morgan fingerprint density at radius 1 is 1.50 bits per heavy atom. The standard InChI is InChI=1S/C15H14ClFN4O/c16-11-3-8(1-2-12(11)17)13-4-9-6-19-15(7-21(9)20-13)5-10(15)14(18)22/h1-4,10,19H,5-7H2,(H2,18,22). The van der Waals surface area contributed by atoms with Gasteiger partial charge in [0.15, 0.2) is 0 Å². The number of halogens is 2. The minimum absolute atomic E-state index is 0.0778. The van der Waals surface area contributed by atoms with E-state index in [1.165, 1.54) is 6.07 Å². The summed E-state index contributed by atoms with van der Waals surface area (Å²) in [5.74, 6) is -0.848. The molecule has 0 saturated heterocycles. The lowest BCUT2D eigenvalue weighted by Gasteiger charge is -2.25. The van der Waals surface area contributed by atoms with Crippen molar-refractivity contribution in [2.45, 2.75) is 25.0 Å². The molecule has 3 N–H and O–H groups in total. The second kappa shape index (κ2) is 4.54. The Labute approximate surface area is 131 Å². The van der Waals surface area contributed by atoms with Crippen LogP contribution in [0.15, 0.2) is 24.3 Å². The lowest BCUT2D eigenvalue weighted by atomic mass is 10.1. The molecule has 1 aromatic heterocycles. The lowest BCUT2D eigenvalue weighted by molar-refractivity contribution is -0.119. The molecule has 22 heavy (non-hydrogen) atoms. The van der Waals surface area contributed by atoms with E-state index in [1.54, 1.807) is 12.1 Å². The largest absolute Gasteiger partial charge is 0.369 e. The van der Waals surface area contributed by atoms with Gasteiger partial charge in [-0.05, 0) is 30.7 Å². The number of primary amides is 1. The van der Waals surface area contributed by atoms with Crippen molar-refractivity contribution < 1.29 is 9.18 Å². The molecular weight excluding hydrogens is 307 g/mol. The molecule has 1 spiro atoms. The Morgan fingerprint density at radius 3 is 3.00 bits per heavy atom. The zero-order chi connectivity index (χ0) is 15.5. The normalized spacial score (nSPS) is 26.0. The lowest BCUT2D eigenvalue weighted by Crippen LogP contribution is -2.44. The van der Waals surface area contributed by atoms with Crippen molar-refractivity contribution in [2.24, 2.45) is 11.7 Å². The van der Waals surface area contributed by atoms with E-state index in [4.69, 9.17) is 17.3 Å². The fraction of sp³-hybridized carbons (Fsp3) is 0.333. The van der Waals surface area contributed by atoms with Gasteiger partial charge < -0.3 is 11.1 Å². The monoisotopic (exact) mass is 320 g/mol. The van der Waals surface area contributed by atoms with Crippen molar-refractivity contribution in [3.63, 3.8) is 0 Å². The van der Waals surface area contributed by atoms with E-state index in [1.807, 2.05) is 10.7 Å². The van der Waals surface area contributed by atoms with Gasteiger partial charge in [0.1, 0.15) is 5.82 Å². The number of nitrogens with zero attached hydrogens (tertiary/aromatic N) is 2. The molecule has 1 fully saturated rings. The number of carbonyl (C=O) groups is 1. The number of aromatic nitrogens is 2. The summed E-state index contributed by atoms with van der Waals surface area (Å²) < 4.78 is 15.2. The summed E-state index contributed by atoms with van der Waals surface area (Å²) in [6.45, 7) is 1.25. The topological polar surface area (TPSA) is 72.9 Å². The van der Waals surface area contributed by atoms with Crippen molar-refractivity contribution in [1.29, 1.82) is 0 Å². The number of benzene rings is 1. The van der Waals surface area contributed by atoms with Crippen LogP contribution in [0.3, 0.4) is 0 Å². The van der Waals surface area contributed by atoms with Crippen LogP contribution in [-0.2, 0) is 17.9 Å². The van der Waals surface area contributed by atoms with Crippen LogP contribution >= 0.6 is 11.6 Å². The minimum atomic E-state index is -0.447. The molecule has 2 heterocycles.